The average Bonchev–Trinajstić information content (AvgIpc) is 2.55. The van der Waals surface area contributed by atoms with Crippen LogP contribution in [0.5, 0.6) is 0 Å². The first-order valence-corrected chi connectivity index (χ1v) is 4.09. The van der Waals surface area contributed by atoms with Crippen LogP contribution >= 0.6 is 0 Å². The summed E-state index contributed by atoms with van der Waals surface area (Å²) in [5.74, 6) is 0. The summed E-state index contributed by atoms with van der Waals surface area (Å²) in [6.45, 7) is 0. The lowest BCUT2D eigenvalue weighted by molar-refractivity contribution is -0.384. The summed E-state index contributed by atoms with van der Waals surface area (Å²) in [6.07, 6.45) is 0. The van der Waals surface area contributed by atoms with Gasteiger partial charge < -0.3 is 10.7 Å². The molecular formula is C9H6N4O2. The molecule has 0 amide bonds. The number of aromatic nitrogens is 1. The minimum absolute atomic E-state index is 0.0438. The molecule has 2 rings (SSSR count). The number of nitrogens with zero attached hydrogens (tertiary/aromatic N) is 2. The van der Waals surface area contributed by atoms with Crippen molar-refractivity contribution in [3.05, 3.63) is 34.0 Å². The van der Waals surface area contributed by atoms with Gasteiger partial charge in [-0.3, -0.25) is 10.1 Å². The maximum atomic E-state index is 10.5. The number of nitro benzene ring substituents is 1. The van der Waals surface area contributed by atoms with Crippen LogP contribution < -0.4 is 5.73 Å². The van der Waals surface area contributed by atoms with E-state index in [1.54, 1.807) is 0 Å². The smallest absolute Gasteiger partial charge is 0.270 e. The van der Waals surface area contributed by atoms with Gasteiger partial charge in [-0.2, -0.15) is 5.26 Å². The van der Waals surface area contributed by atoms with E-state index in [1.807, 2.05) is 6.07 Å². The number of fused-ring (bicyclic) bond motifs is 1. The van der Waals surface area contributed by atoms with E-state index in [0.29, 0.717) is 10.9 Å². The lowest BCUT2D eigenvalue weighted by Gasteiger charge is -1.92. The molecule has 0 radical (unpaired) electrons. The van der Waals surface area contributed by atoms with Gasteiger partial charge in [-0.05, 0) is 6.07 Å². The molecular weight excluding hydrogens is 196 g/mol. The number of hydrogen-bond acceptors (Lipinski definition) is 4. The summed E-state index contributed by atoms with van der Waals surface area (Å²) < 4.78 is 0. The Balaban J connectivity index is 2.77. The monoisotopic (exact) mass is 202 g/mol. The highest BCUT2D eigenvalue weighted by Gasteiger charge is 2.12. The first-order valence-electron chi connectivity index (χ1n) is 4.09. The summed E-state index contributed by atoms with van der Waals surface area (Å²) in [5.41, 5.74) is 6.69. The Kier molecular flexibility index (Phi) is 1.80. The van der Waals surface area contributed by atoms with E-state index in [4.69, 9.17) is 11.0 Å². The Morgan fingerprint density at radius 2 is 2.27 bits per heavy atom. The molecule has 1 aromatic heterocycles. The number of hydrogen-bond donors (Lipinski definition) is 2. The van der Waals surface area contributed by atoms with Crippen molar-refractivity contribution in [3.8, 4) is 6.07 Å². The number of anilines is 1. The summed E-state index contributed by atoms with van der Waals surface area (Å²) in [5, 5.41) is 19.7. The molecule has 0 aliphatic carbocycles. The lowest BCUT2D eigenvalue weighted by Crippen LogP contribution is -1.88. The van der Waals surface area contributed by atoms with E-state index >= 15 is 0 Å². The number of rotatable bonds is 1. The van der Waals surface area contributed by atoms with Crippen LogP contribution in [-0.2, 0) is 0 Å². The van der Waals surface area contributed by atoms with Crippen LogP contribution in [0.25, 0.3) is 10.9 Å². The Hall–Kier alpha value is -2.55. The van der Waals surface area contributed by atoms with E-state index in [2.05, 4.69) is 4.98 Å². The predicted molar refractivity (Wildman–Crippen MR) is 54.1 cm³/mol. The van der Waals surface area contributed by atoms with Crippen molar-refractivity contribution in [2.45, 2.75) is 0 Å². The van der Waals surface area contributed by atoms with E-state index in [1.165, 1.54) is 18.2 Å². The normalized spacial score (nSPS) is 10.1. The van der Waals surface area contributed by atoms with E-state index < -0.39 is 4.92 Å². The van der Waals surface area contributed by atoms with Gasteiger partial charge in [0.15, 0.2) is 0 Å². The predicted octanol–water partition coefficient (Wildman–Crippen LogP) is 1.53. The van der Waals surface area contributed by atoms with Gasteiger partial charge in [0.2, 0.25) is 0 Å². The van der Waals surface area contributed by atoms with E-state index in [0.717, 1.165) is 0 Å². The quantitative estimate of drug-likeness (QED) is 0.539. The zero-order valence-electron chi connectivity index (χ0n) is 7.52. The van der Waals surface area contributed by atoms with Gasteiger partial charge in [-0.1, -0.05) is 0 Å². The summed E-state index contributed by atoms with van der Waals surface area (Å²) in [4.78, 5) is 12.8. The second-order valence-corrected chi connectivity index (χ2v) is 3.01. The first-order chi connectivity index (χ1) is 7.13. The van der Waals surface area contributed by atoms with Crippen molar-refractivity contribution < 1.29 is 4.92 Å². The van der Waals surface area contributed by atoms with Crippen LogP contribution in [0, 0.1) is 21.4 Å². The van der Waals surface area contributed by atoms with Crippen LogP contribution in [0.3, 0.4) is 0 Å². The van der Waals surface area contributed by atoms with E-state index in [9.17, 15) is 10.1 Å². The van der Waals surface area contributed by atoms with Crippen molar-refractivity contribution in [1.82, 2.24) is 4.98 Å². The Labute approximate surface area is 84.1 Å². The fraction of sp³-hybridized carbons (Fsp3) is 0. The maximum absolute atomic E-state index is 10.5. The molecule has 3 N–H and O–H groups in total. The largest absolute Gasteiger partial charge is 0.396 e. The van der Waals surface area contributed by atoms with Crippen LogP contribution in [0.4, 0.5) is 11.4 Å². The number of nitrogens with two attached hydrogens (primary N) is 1. The van der Waals surface area contributed by atoms with Gasteiger partial charge in [-0.25, -0.2) is 0 Å². The van der Waals surface area contributed by atoms with Crippen LogP contribution in [0.15, 0.2) is 18.2 Å². The second kappa shape index (κ2) is 2.99. The molecule has 0 aliphatic heterocycles. The number of benzene rings is 1. The fourth-order valence-corrected chi connectivity index (χ4v) is 1.40. The number of H-pyrrole nitrogens is 1. The molecule has 0 unspecified atom stereocenters. The van der Waals surface area contributed by atoms with Gasteiger partial charge in [-0.15, -0.1) is 0 Å². The molecule has 0 atom stereocenters. The highest BCUT2D eigenvalue weighted by atomic mass is 16.6. The molecule has 15 heavy (non-hydrogen) atoms. The molecule has 1 heterocycles. The number of nitrogens with one attached hydrogen (secondary N) is 1. The molecule has 0 aliphatic rings. The zero-order valence-corrected chi connectivity index (χ0v) is 7.52. The third-order valence-corrected chi connectivity index (χ3v) is 2.14. The van der Waals surface area contributed by atoms with Crippen molar-refractivity contribution >= 4 is 22.3 Å². The third-order valence-electron chi connectivity index (χ3n) is 2.14. The van der Waals surface area contributed by atoms with Crippen molar-refractivity contribution in [2.24, 2.45) is 0 Å². The van der Waals surface area contributed by atoms with Gasteiger partial charge in [0, 0.05) is 23.0 Å². The standard InChI is InChI=1S/C9H6N4O2/c10-4-8-9(11)6-3-5(13(14)15)1-2-7(6)12-8/h1-3,12H,11H2. The second-order valence-electron chi connectivity index (χ2n) is 3.01. The molecule has 6 nitrogen and oxygen atoms in total. The Morgan fingerprint density at radius 1 is 1.53 bits per heavy atom. The van der Waals surface area contributed by atoms with Crippen molar-refractivity contribution in [3.63, 3.8) is 0 Å². The topological polar surface area (TPSA) is 109 Å². The van der Waals surface area contributed by atoms with Crippen LogP contribution in [-0.4, -0.2) is 9.91 Å². The molecule has 0 saturated carbocycles. The van der Waals surface area contributed by atoms with Gasteiger partial charge in [0.1, 0.15) is 11.8 Å². The Morgan fingerprint density at radius 3 is 2.87 bits per heavy atom. The number of non-ortho nitro benzene ring substituents is 1. The summed E-state index contributed by atoms with van der Waals surface area (Å²) >= 11 is 0. The molecule has 0 fully saturated rings. The highest BCUT2D eigenvalue weighted by molar-refractivity contribution is 5.95. The SMILES string of the molecule is N#Cc1[nH]c2ccc([N+](=O)[O-])cc2c1N. The molecule has 6 heteroatoms. The van der Waals surface area contributed by atoms with Gasteiger partial charge in [0.05, 0.1) is 10.6 Å². The lowest BCUT2D eigenvalue weighted by atomic mass is 10.2. The molecule has 1 aromatic carbocycles. The molecule has 74 valence electrons. The third kappa shape index (κ3) is 1.26. The zero-order chi connectivity index (χ0) is 11.0. The van der Waals surface area contributed by atoms with Crippen molar-refractivity contribution in [1.29, 1.82) is 5.26 Å². The van der Waals surface area contributed by atoms with Crippen LogP contribution in [0.1, 0.15) is 5.69 Å². The van der Waals surface area contributed by atoms with Crippen LogP contribution in [0.2, 0.25) is 0 Å². The fourth-order valence-electron chi connectivity index (χ4n) is 1.40. The number of nitriles is 1. The minimum Gasteiger partial charge on any atom is -0.396 e. The minimum atomic E-state index is -0.502. The van der Waals surface area contributed by atoms with Gasteiger partial charge in [0.25, 0.3) is 5.69 Å². The number of nitro groups is 1. The number of aromatic amines is 1. The maximum Gasteiger partial charge on any atom is 0.270 e. The average molecular weight is 202 g/mol. The van der Waals surface area contributed by atoms with Crippen molar-refractivity contribution in [2.75, 3.05) is 5.73 Å². The molecule has 0 bridgehead atoms. The summed E-state index contributed by atoms with van der Waals surface area (Å²) in [7, 11) is 0. The first kappa shape index (κ1) is 9.02. The van der Waals surface area contributed by atoms with E-state index in [-0.39, 0.29) is 17.1 Å². The molecule has 0 spiro atoms. The number of nitrogen functional groups attached to an aromatic ring is 1. The van der Waals surface area contributed by atoms with Gasteiger partial charge >= 0.3 is 0 Å². The molecule has 0 saturated heterocycles. The summed E-state index contributed by atoms with van der Waals surface area (Å²) in [6, 6.07) is 6.13. The molecule has 2 aromatic rings. The highest BCUT2D eigenvalue weighted by Crippen LogP contribution is 2.27. The Bertz CT molecular complexity index is 594.